The lowest BCUT2D eigenvalue weighted by Crippen LogP contribution is -2.25. The van der Waals surface area contributed by atoms with Gasteiger partial charge in [-0.05, 0) is 43.0 Å². The van der Waals surface area contributed by atoms with Crippen molar-refractivity contribution in [2.24, 2.45) is 5.92 Å². The fourth-order valence-electron chi connectivity index (χ4n) is 1.87. The smallest absolute Gasteiger partial charge is 0.246 e. The molecule has 0 unspecified atom stereocenters. The molecule has 0 radical (unpaired) electrons. The van der Waals surface area contributed by atoms with Crippen LogP contribution in [0, 0.1) is 5.92 Å². The quantitative estimate of drug-likeness (QED) is 0.784. The van der Waals surface area contributed by atoms with Gasteiger partial charge in [-0.25, -0.2) is 0 Å². The van der Waals surface area contributed by atoms with Gasteiger partial charge in [0.15, 0.2) is 11.5 Å². The van der Waals surface area contributed by atoms with E-state index in [1.807, 2.05) is 24.3 Å². The van der Waals surface area contributed by atoms with Gasteiger partial charge in [-0.3, -0.25) is 4.79 Å². The zero-order valence-corrected chi connectivity index (χ0v) is 13.5. The molecule has 1 aromatic rings. The van der Waals surface area contributed by atoms with Crippen LogP contribution in [-0.2, 0) is 4.79 Å². The van der Waals surface area contributed by atoms with E-state index in [1.165, 1.54) is 0 Å². The molecule has 0 saturated carbocycles. The van der Waals surface area contributed by atoms with Crippen molar-refractivity contribution in [2.45, 2.75) is 27.2 Å². The van der Waals surface area contributed by atoms with Gasteiger partial charge in [0.25, 0.3) is 0 Å². The van der Waals surface area contributed by atoms with E-state index in [-0.39, 0.29) is 5.91 Å². The Morgan fingerprint density at radius 3 is 2.48 bits per heavy atom. The van der Waals surface area contributed by atoms with E-state index in [1.54, 1.807) is 21.1 Å². The van der Waals surface area contributed by atoms with Gasteiger partial charge in [0.05, 0.1) is 14.2 Å². The highest BCUT2D eigenvalue weighted by Gasteiger charge is 2.07. The Labute approximate surface area is 127 Å². The van der Waals surface area contributed by atoms with Crippen molar-refractivity contribution in [1.82, 2.24) is 5.32 Å². The topological polar surface area (TPSA) is 47.6 Å². The molecule has 1 aromatic carbocycles. The van der Waals surface area contributed by atoms with E-state index in [9.17, 15) is 4.79 Å². The summed E-state index contributed by atoms with van der Waals surface area (Å²) in [7, 11) is 3.19. The third-order valence-corrected chi connectivity index (χ3v) is 3.16. The molecule has 0 aliphatic carbocycles. The molecule has 0 spiro atoms. The van der Waals surface area contributed by atoms with Gasteiger partial charge in [0, 0.05) is 12.1 Å². The summed E-state index contributed by atoms with van der Waals surface area (Å²) < 4.78 is 10.4. The van der Waals surface area contributed by atoms with Crippen molar-refractivity contribution in [2.75, 3.05) is 20.8 Å². The number of carbonyl (C=O) groups excluding carboxylic acids is 1. The minimum atomic E-state index is -0.0366. The average Bonchev–Trinajstić information content (AvgIpc) is 2.46. The summed E-state index contributed by atoms with van der Waals surface area (Å²) in [5, 5.41) is 2.92. The predicted octanol–water partition coefficient (Wildman–Crippen LogP) is 3.27. The molecule has 0 saturated heterocycles. The monoisotopic (exact) mass is 291 g/mol. The van der Waals surface area contributed by atoms with E-state index < -0.39 is 0 Å². The van der Waals surface area contributed by atoms with Gasteiger partial charge >= 0.3 is 0 Å². The second-order valence-corrected chi connectivity index (χ2v) is 5.38. The van der Waals surface area contributed by atoms with Gasteiger partial charge in [-0.2, -0.15) is 0 Å². The predicted molar refractivity (Wildman–Crippen MR) is 85.7 cm³/mol. The molecule has 0 aliphatic heterocycles. The number of hydrogen-bond donors (Lipinski definition) is 1. The molecular formula is C17H25NO3. The standard InChI is InChI=1S/C17H25NO3/c1-12(2)8-9-18-17(19)13(3)10-14-6-7-15(20-4)16(11-14)21-5/h6-7,10-12H,8-9H2,1-5H3,(H,18,19)/b13-10+. The summed E-state index contributed by atoms with van der Waals surface area (Å²) in [4.78, 5) is 12.0. The summed E-state index contributed by atoms with van der Waals surface area (Å²) in [5.41, 5.74) is 1.58. The molecule has 1 rings (SSSR count). The number of amides is 1. The van der Waals surface area contributed by atoms with Crippen LogP contribution in [0.4, 0.5) is 0 Å². The molecular weight excluding hydrogens is 266 g/mol. The highest BCUT2D eigenvalue weighted by Crippen LogP contribution is 2.28. The second-order valence-electron chi connectivity index (χ2n) is 5.38. The van der Waals surface area contributed by atoms with Crippen LogP contribution in [0.25, 0.3) is 6.08 Å². The molecule has 0 aliphatic rings. The van der Waals surface area contributed by atoms with Gasteiger partial charge in [-0.1, -0.05) is 19.9 Å². The minimum Gasteiger partial charge on any atom is -0.493 e. The minimum absolute atomic E-state index is 0.0366. The average molecular weight is 291 g/mol. The Hall–Kier alpha value is -1.97. The van der Waals surface area contributed by atoms with E-state index >= 15 is 0 Å². The molecule has 116 valence electrons. The Balaban J connectivity index is 2.75. The van der Waals surface area contributed by atoms with Crippen LogP contribution in [0.2, 0.25) is 0 Å². The van der Waals surface area contributed by atoms with Crippen LogP contribution < -0.4 is 14.8 Å². The first-order valence-corrected chi connectivity index (χ1v) is 7.16. The number of rotatable bonds is 7. The number of ether oxygens (including phenoxy) is 2. The largest absolute Gasteiger partial charge is 0.493 e. The summed E-state index contributed by atoms with van der Waals surface area (Å²) in [6.07, 6.45) is 2.82. The second kappa shape index (κ2) is 8.35. The Morgan fingerprint density at radius 1 is 1.24 bits per heavy atom. The van der Waals surface area contributed by atoms with E-state index in [2.05, 4.69) is 19.2 Å². The molecule has 0 atom stereocenters. The highest BCUT2D eigenvalue weighted by atomic mass is 16.5. The van der Waals surface area contributed by atoms with Gasteiger partial charge in [-0.15, -0.1) is 0 Å². The van der Waals surface area contributed by atoms with Gasteiger partial charge < -0.3 is 14.8 Å². The van der Waals surface area contributed by atoms with Crippen molar-refractivity contribution in [3.8, 4) is 11.5 Å². The Morgan fingerprint density at radius 2 is 1.90 bits per heavy atom. The number of nitrogens with one attached hydrogen (secondary N) is 1. The highest BCUT2D eigenvalue weighted by molar-refractivity contribution is 5.97. The third-order valence-electron chi connectivity index (χ3n) is 3.16. The molecule has 0 bridgehead atoms. The van der Waals surface area contributed by atoms with Gasteiger partial charge in [0.2, 0.25) is 5.91 Å². The van der Waals surface area contributed by atoms with Crippen molar-refractivity contribution in [3.63, 3.8) is 0 Å². The molecule has 1 N–H and O–H groups in total. The fourth-order valence-corrected chi connectivity index (χ4v) is 1.87. The number of methoxy groups -OCH3 is 2. The van der Waals surface area contributed by atoms with Crippen LogP contribution in [0.3, 0.4) is 0 Å². The van der Waals surface area contributed by atoms with Crippen LogP contribution in [0.5, 0.6) is 11.5 Å². The number of hydrogen-bond acceptors (Lipinski definition) is 3. The summed E-state index contributed by atoms with van der Waals surface area (Å²) in [5.74, 6) is 1.87. The molecule has 21 heavy (non-hydrogen) atoms. The first-order chi connectivity index (χ1) is 9.97. The van der Waals surface area contributed by atoms with E-state index in [4.69, 9.17) is 9.47 Å². The zero-order valence-electron chi connectivity index (χ0n) is 13.5. The molecule has 0 aromatic heterocycles. The van der Waals surface area contributed by atoms with Crippen LogP contribution in [0.15, 0.2) is 23.8 Å². The normalized spacial score (nSPS) is 11.4. The molecule has 4 heteroatoms. The maximum absolute atomic E-state index is 12.0. The SMILES string of the molecule is COc1ccc(/C=C(\C)C(=O)NCCC(C)C)cc1OC. The number of benzene rings is 1. The fraction of sp³-hybridized carbons (Fsp3) is 0.471. The first-order valence-electron chi connectivity index (χ1n) is 7.16. The maximum Gasteiger partial charge on any atom is 0.246 e. The van der Waals surface area contributed by atoms with Crippen LogP contribution >= 0.6 is 0 Å². The molecule has 0 fully saturated rings. The van der Waals surface area contributed by atoms with E-state index in [0.29, 0.717) is 29.5 Å². The summed E-state index contributed by atoms with van der Waals surface area (Å²) in [6.45, 7) is 6.78. The van der Waals surface area contributed by atoms with Crippen molar-refractivity contribution in [1.29, 1.82) is 0 Å². The first kappa shape index (κ1) is 17.1. The zero-order chi connectivity index (χ0) is 15.8. The van der Waals surface area contributed by atoms with Crippen molar-refractivity contribution < 1.29 is 14.3 Å². The lowest BCUT2D eigenvalue weighted by Gasteiger charge is -2.09. The van der Waals surface area contributed by atoms with E-state index in [0.717, 1.165) is 12.0 Å². The van der Waals surface area contributed by atoms with Crippen molar-refractivity contribution in [3.05, 3.63) is 29.3 Å². The Bertz CT molecular complexity index is 507. The maximum atomic E-state index is 12.0. The van der Waals surface area contributed by atoms with Crippen LogP contribution in [-0.4, -0.2) is 26.7 Å². The third kappa shape index (κ3) is 5.50. The Kier molecular flexibility index (Phi) is 6.79. The van der Waals surface area contributed by atoms with Crippen molar-refractivity contribution >= 4 is 12.0 Å². The molecule has 1 amide bonds. The lowest BCUT2D eigenvalue weighted by atomic mass is 10.1. The van der Waals surface area contributed by atoms with Crippen LogP contribution in [0.1, 0.15) is 32.8 Å². The lowest BCUT2D eigenvalue weighted by molar-refractivity contribution is -0.117. The summed E-state index contributed by atoms with van der Waals surface area (Å²) >= 11 is 0. The molecule has 0 heterocycles. The summed E-state index contributed by atoms with van der Waals surface area (Å²) in [6, 6.07) is 5.57. The number of carbonyl (C=O) groups is 1. The molecule has 4 nitrogen and oxygen atoms in total. The van der Waals surface area contributed by atoms with Gasteiger partial charge in [0.1, 0.15) is 0 Å².